The summed E-state index contributed by atoms with van der Waals surface area (Å²) < 4.78 is 5.57. The normalized spacial score (nSPS) is 11.7. The lowest BCUT2D eigenvalue weighted by Gasteiger charge is -2.15. The van der Waals surface area contributed by atoms with Crippen LogP contribution in [0.2, 0.25) is 0 Å². The number of carbonyl (C=O) groups is 2. The molecule has 0 N–H and O–H groups in total. The van der Waals surface area contributed by atoms with E-state index in [1.165, 1.54) is 6.07 Å². The topological polar surface area (TPSA) is 87.2 Å². The first kappa shape index (κ1) is 17.4. The van der Waals surface area contributed by atoms with Gasteiger partial charge in [-0.2, -0.15) is 5.26 Å². The second-order valence-corrected chi connectivity index (χ2v) is 5.85. The molecule has 26 heavy (non-hydrogen) atoms. The van der Waals surface area contributed by atoms with Crippen LogP contribution in [-0.4, -0.2) is 35.2 Å². The first-order valence-corrected chi connectivity index (χ1v) is 8.20. The summed E-state index contributed by atoms with van der Waals surface area (Å²) in [5, 5.41) is 9.50. The van der Waals surface area contributed by atoms with Crippen LogP contribution in [0.1, 0.15) is 39.4 Å². The van der Waals surface area contributed by atoms with E-state index >= 15 is 0 Å². The van der Waals surface area contributed by atoms with Crippen LogP contribution < -0.4 is 0 Å². The number of nitrogens with zero attached hydrogens (tertiary/aromatic N) is 3. The van der Waals surface area contributed by atoms with E-state index < -0.39 is 11.7 Å². The number of para-hydroxylation sites is 2. The zero-order chi connectivity index (χ0) is 18.7. The number of aromatic nitrogens is 1. The third kappa shape index (κ3) is 3.20. The smallest absolute Gasteiger partial charge is 0.253 e. The average Bonchev–Trinajstić information content (AvgIpc) is 3.11. The van der Waals surface area contributed by atoms with Gasteiger partial charge in [-0.15, -0.1) is 0 Å². The van der Waals surface area contributed by atoms with Gasteiger partial charge in [-0.05, 0) is 31.2 Å². The fraction of sp³-hybridized carbons (Fsp3) is 0.200. The number of Topliss-reactive ketones (excluding diaryl/α,β-unsaturated/α-hetero) is 1. The Labute approximate surface area is 150 Å². The highest BCUT2D eigenvalue weighted by molar-refractivity contribution is 6.04. The van der Waals surface area contributed by atoms with Gasteiger partial charge in [-0.1, -0.05) is 24.3 Å². The molecule has 6 heteroatoms. The molecule has 3 rings (SSSR count). The Morgan fingerprint density at radius 1 is 1.19 bits per heavy atom. The van der Waals surface area contributed by atoms with Gasteiger partial charge in [0.15, 0.2) is 17.3 Å². The second-order valence-electron chi connectivity index (χ2n) is 5.85. The molecule has 1 aromatic heterocycles. The molecule has 0 aliphatic rings. The number of ketones is 1. The van der Waals surface area contributed by atoms with Crippen LogP contribution in [0.3, 0.4) is 0 Å². The van der Waals surface area contributed by atoms with Gasteiger partial charge in [-0.3, -0.25) is 9.59 Å². The molecule has 0 aliphatic carbocycles. The third-order valence-electron chi connectivity index (χ3n) is 4.16. The molecule has 1 amide bonds. The van der Waals surface area contributed by atoms with E-state index in [2.05, 4.69) is 4.98 Å². The predicted octanol–water partition coefficient (Wildman–Crippen LogP) is 3.41. The van der Waals surface area contributed by atoms with E-state index in [0.717, 1.165) is 0 Å². The van der Waals surface area contributed by atoms with E-state index in [9.17, 15) is 14.9 Å². The maximum Gasteiger partial charge on any atom is 0.253 e. The van der Waals surface area contributed by atoms with E-state index in [0.29, 0.717) is 23.2 Å². The molecule has 3 aromatic rings. The zero-order valence-corrected chi connectivity index (χ0v) is 14.5. The monoisotopic (exact) mass is 347 g/mol. The molecule has 1 atom stereocenters. The van der Waals surface area contributed by atoms with Crippen LogP contribution in [-0.2, 0) is 0 Å². The number of hydrogen-bond acceptors (Lipinski definition) is 5. The maximum absolute atomic E-state index is 12.8. The average molecular weight is 347 g/mol. The quantitative estimate of drug-likeness (QED) is 0.660. The highest BCUT2D eigenvalue weighted by atomic mass is 16.3. The van der Waals surface area contributed by atoms with Crippen molar-refractivity contribution in [3.05, 3.63) is 65.5 Å². The fourth-order valence-corrected chi connectivity index (χ4v) is 2.58. The molecule has 0 spiro atoms. The standard InChI is InChI=1S/C20H17N3O3/c1-3-23(2)20(25)14-8-6-7-13(11-14)18(24)15(12-21)19-22-16-9-4-5-10-17(16)26-19/h4-11,15H,3H2,1-2H3/t15-/m0/s1. The maximum atomic E-state index is 12.8. The zero-order valence-electron chi connectivity index (χ0n) is 14.5. The minimum Gasteiger partial charge on any atom is -0.439 e. The van der Waals surface area contributed by atoms with Gasteiger partial charge in [0.25, 0.3) is 5.91 Å². The summed E-state index contributed by atoms with van der Waals surface area (Å²) in [6.07, 6.45) is 0. The van der Waals surface area contributed by atoms with Gasteiger partial charge in [-0.25, -0.2) is 4.98 Å². The molecule has 1 heterocycles. The van der Waals surface area contributed by atoms with Crippen LogP contribution in [0.4, 0.5) is 0 Å². The van der Waals surface area contributed by atoms with Crippen LogP contribution in [0.25, 0.3) is 11.1 Å². The second kappa shape index (κ2) is 7.19. The Morgan fingerprint density at radius 3 is 2.62 bits per heavy atom. The molecule has 0 aliphatic heterocycles. The number of nitriles is 1. The molecule has 6 nitrogen and oxygen atoms in total. The lowest BCUT2D eigenvalue weighted by Crippen LogP contribution is -2.26. The van der Waals surface area contributed by atoms with Crippen molar-refractivity contribution in [1.29, 1.82) is 5.26 Å². The van der Waals surface area contributed by atoms with Crippen molar-refractivity contribution >= 4 is 22.8 Å². The van der Waals surface area contributed by atoms with Gasteiger partial charge in [0.1, 0.15) is 5.52 Å². The lowest BCUT2D eigenvalue weighted by atomic mass is 9.97. The van der Waals surface area contributed by atoms with Gasteiger partial charge in [0, 0.05) is 24.7 Å². The summed E-state index contributed by atoms with van der Waals surface area (Å²) in [5.74, 6) is -1.75. The van der Waals surface area contributed by atoms with E-state index in [4.69, 9.17) is 4.42 Å². The number of amides is 1. The molecule has 2 aromatic carbocycles. The Kier molecular flexibility index (Phi) is 4.81. The minimum absolute atomic E-state index is 0.0566. The largest absolute Gasteiger partial charge is 0.439 e. The molecule has 0 fully saturated rings. The van der Waals surface area contributed by atoms with Crippen LogP contribution in [0.15, 0.2) is 52.9 Å². The molecular weight excluding hydrogens is 330 g/mol. The summed E-state index contributed by atoms with van der Waals surface area (Å²) in [5.41, 5.74) is 1.77. The highest BCUT2D eigenvalue weighted by Gasteiger charge is 2.27. The first-order valence-electron chi connectivity index (χ1n) is 8.20. The third-order valence-corrected chi connectivity index (χ3v) is 4.16. The number of rotatable bonds is 5. The van der Waals surface area contributed by atoms with Crippen LogP contribution in [0.5, 0.6) is 0 Å². The Bertz CT molecular complexity index is 983. The molecule has 0 unspecified atom stereocenters. The number of fused-ring (bicyclic) bond motifs is 1. The lowest BCUT2D eigenvalue weighted by molar-refractivity contribution is 0.0802. The molecular formula is C20H17N3O3. The molecule has 0 bridgehead atoms. The summed E-state index contributed by atoms with van der Waals surface area (Å²) >= 11 is 0. The van der Waals surface area contributed by atoms with E-state index in [1.807, 2.05) is 13.0 Å². The van der Waals surface area contributed by atoms with Gasteiger partial charge in [0.05, 0.1) is 6.07 Å². The Balaban J connectivity index is 1.94. The van der Waals surface area contributed by atoms with Crippen molar-refractivity contribution < 1.29 is 14.0 Å². The van der Waals surface area contributed by atoms with Crippen molar-refractivity contribution in [1.82, 2.24) is 9.88 Å². The fourth-order valence-electron chi connectivity index (χ4n) is 2.58. The Hall–Kier alpha value is -3.46. The summed E-state index contributed by atoms with van der Waals surface area (Å²) in [6, 6.07) is 15.4. The molecule has 0 saturated heterocycles. The summed E-state index contributed by atoms with van der Waals surface area (Å²) in [6.45, 7) is 2.42. The number of hydrogen-bond donors (Lipinski definition) is 0. The summed E-state index contributed by atoms with van der Waals surface area (Å²) in [7, 11) is 1.69. The van der Waals surface area contributed by atoms with E-state index in [1.54, 1.807) is 54.4 Å². The number of benzene rings is 2. The number of carbonyl (C=O) groups excluding carboxylic acids is 2. The Morgan fingerprint density at radius 2 is 1.92 bits per heavy atom. The van der Waals surface area contributed by atoms with Gasteiger partial charge in [0.2, 0.25) is 5.89 Å². The SMILES string of the molecule is CCN(C)C(=O)c1cccc(C(=O)[C@H](C#N)c2nc3ccccc3o2)c1. The van der Waals surface area contributed by atoms with Gasteiger partial charge < -0.3 is 9.32 Å². The molecule has 130 valence electrons. The predicted molar refractivity (Wildman–Crippen MR) is 95.8 cm³/mol. The van der Waals surface area contributed by atoms with Crippen LogP contribution >= 0.6 is 0 Å². The summed E-state index contributed by atoms with van der Waals surface area (Å²) in [4.78, 5) is 30.9. The van der Waals surface area contributed by atoms with Crippen LogP contribution in [0, 0.1) is 11.3 Å². The highest BCUT2D eigenvalue weighted by Crippen LogP contribution is 2.24. The van der Waals surface area contributed by atoms with Crippen molar-refractivity contribution in [2.45, 2.75) is 12.8 Å². The first-order chi connectivity index (χ1) is 12.5. The molecule has 0 saturated carbocycles. The van der Waals surface area contributed by atoms with Crippen molar-refractivity contribution in [2.75, 3.05) is 13.6 Å². The van der Waals surface area contributed by atoms with Crippen molar-refractivity contribution in [3.63, 3.8) is 0 Å². The molecule has 0 radical (unpaired) electrons. The van der Waals surface area contributed by atoms with E-state index in [-0.39, 0.29) is 17.4 Å². The van der Waals surface area contributed by atoms with Crippen molar-refractivity contribution in [3.8, 4) is 6.07 Å². The van der Waals surface area contributed by atoms with Gasteiger partial charge >= 0.3 is 0 Å². The minimum atomic E-state index is -1.17. The number of oxazole rings is 1. The van der Waals surface area contributed by atoms with Crippen molar-refractivity contribution in [2.24, 2.45) is 0 Å².